The van der Waals surface area contributed by atoms with Crippen LogP contribution in [0.4, 0.5) is 10.1 Å². The summed E-state index contributed by atoms with van der Waals surface area (Å²) < 4.78 is 39.4. The summed E-state index contributed by atoms with van der Waals surface area (Å²) in [5, 5.41) is 3.04. The van der Waals surface area contributed by atoms with Crippen molar-refractivity contribution in [3.05, 3.63) is 62.8 Å². The molecule has 0 unspecified atom stereocenters. The lowest BCUT2D eigenvalue weighted by atomic mass is 10.1. The van der Waals surface area contributed by atoms with E-state index in [0.29, 0.717) is 10.6 Å². The highest BCUT2D eigenvalue weighted by molar-refractivity contribution is 7.92. The largest absolute Gasteiger partial charge is 0.352 e. The second kappa shape index (κ2) is 11.6. The Bertz CT molecular complexity index is 1180. The van der Waals surface area contributed by atoms with Crippen LogP contribution in [-0.2, 0) is 26.2 Å². The van der Waals surface area contributed by atoms with Crippen LogP contribution in [0.5, 0.6) is 0 Å². The van der Waals surface area contributed by atoms with Crippen molar-refractivity contribution >= 4 is 62.3 Å². The summed E-state index contributed by atoms with van der Waals surface area (Å²) in [4.78, 5) is 27.3. The van der Waals surface area contributed by atoms with Crippen molar-refractivity contribution in [3.8, 4) is 0 Å². The van der Waals surface area contributed by atoms with Gasteiger partial charge in [0.15, 0.2) is 0 Å². The van der Waals surface area contributed by atoms with Gasteiger partial charge < -0.3 is 10.2 Å². The molecule has 1 N–H and O–H groups in total. The molecule has 0 spiro atoms. The van der Waals surface area contributed by atoms with Crippen molar-refractivity contribution in [2.45, 2.75) is 39.4 Å². The minimum atomic E-state index is -3.96. The molecule has 2 aromatic carbocycles. The zero-order valence-electron chi connectivity index (χ0n) is 19.0. The number of rotatable bonds is 9. The van der Waals surface area contributed by atoms with Gasteiger partial charge in [-0.15, -0.1) is 0 Å². The average Bonchev–Trinajstić information content (AvgIpc) is 2.72. The maximum absolute atomic E-state index is 13.6. The molecule has 186 valence electrons. The number of carbonyl (C=O) groups is 2. The van der Waals surface area contributed by atoms with Crippen molar-refractivity contribution in [1.29, 1.82) is 0 Å². The SMILES string of the molecule is CC(C)NC(=O)[C@@H](C)N(Cc1ccc(Cl)c(Cl)c1)C(=O)CN(c1ccc(F)c(Cl)c1)S(C)(=O)=O. The molecule has 0 bridgehead atoms. The van der Waals surface area contributed by atoms with E-state index in [2.05, 4.69) is 5.32 Å². The number of halogens is 4. The van der Waals surface area contributed by atoms with E-state index in [1.54, 1.807) is 32.0 Å². The van der Waals surface area contributed by atoms with E-state index in [1.165, 1.54) is 17.9 Å². The lowest BCUT2D eigenvalue weighted by molar-refractivity contribution is -0.139. The first kappa shape index (κ1) is 28.2. The molecule has 0 radical (unpaired) electrons. The summed E-state index contributed by atoms with van der Waals surface area (Å²) in [6, 6.07) is 6.97. The third-order valence-electron chi connectivity index (χ3n) is 4.81. The average molecular weight is 553 g/mol. The Morgan fingerprint density at radius 3 is 2.18 bits per heavy atom. The number of sulfonamides is 1. The van der Waals surface area contributed by atoms with E-state index < -0.39 is 40.2 Å². The van der Waals surface area contributed by atoms with Gasteiger partial charge in [-0.2, -0.15) is 0 Å². The van der Waals surface area contributed by atoms with Crippen LogP contribution in [0.3, 0.4) is 0 Å². The lowest BCUT2D eigenvalue weighted by Crippen LogP contribution is -2.52. The molecule has 0 saturated carbocycles. The van der Waals surface area contributed by atoms with E-state index in [1.807, 2.05) is 0 Å². The van der Waals surface area contributed by atoms with Gasteiger partial charge in [-0.3, -0.25) is 13.9 Å². The van der Waals surface area contributed by atoms with Gasteiger partial charge in [-0.05, 0) is 56.7 Å². The van der Waals surface area contributed by atoms with Crippen LogP contribution in [0, 0.1) is 5.82 Å². The highest BCUT2D eigenvalue weighted by atomic mass is 35.5. The van der Waals surface area contributed by atoms with Crippen LogP contribution in [-0.4, -0.2) is 50.0 Å². The van der Waals surface area contributed by atoms with Crippen LogP contribution in [0.2, 0.25) is 15.1 Å². The van der Waals surface area contributed by atoms with Crippen molar-refractivity contribution in [3.63, 3.8) is 0 Å². The van der Waals surface area contributed by atoms with Gasteiger partial charge in [0.05, 0.1) is 27.0 Å². The maximum Gasteiger partial charge on any atom is 0.244 e. The molecule has 0 saturated heterocycles. The zero-order valence-corrected chi connectivity index (χ0v) is 22.1. The van der Waals surface area contributed by atoms with Crippen LogP contribution in [0.1, 0.15) is 26.3 Å². The first-order chi connectivity index (χ1) is 15.7. The molecule has 2 amide bonds. The minimum absolute atomic E-state index is 0.0102. The summed E-state index contributed by atoms with van der Waals surface area (Å²) in [7, 11) is -3.96. The van der Waals surface area contributed by atoms with Gasteiger partial charge in [0.2, 0.25) is 21.8 Å². The zero-order chi connectivity index (χ0) is 25.8. The molecule has 7 nitrogen and oxygen atoms in total. The van der Waals surface area contributed by atoms with Crippen LogP contribution < -0.4 is 9.62 Å². The lowest BCUT2D eigenvalue weighted by Gasteiger charge is -2.32. The Kier molecular flexibility index (Phi) is 9.59. The molecule has 2 rings (SSSR count). The van der Waals surface area contributed by atoms with Crippen LogP contribution in [0.15, 0.2) is 36.4 Å². The number of nitrogens with zero attached hydrogens (tertiary/aromatic N) is 2. The van der Waals surface area contributed by atoms with E-state index in [9.17, 15) is 22.4 Å². The Morgan fingerprint density at radius 1 is 1.00 bits per heavy atom. The first-order valence-electron chi connectivity index (χ1n) is 10.2. The first-order valence-corrected chi connectivity index (χ1v) is 13.2. The number of hydrogen-bond acceptors (Lipinski definition) is 4. The summed E-state index contributed by atoms with van der Waals surface area (Å²) in [5.74, 6) is -1.81. The highest BCUT2D eigenvalue weighted by Crippen LogP contribution is 2.26. The maximum atomic E-state index is 13.6. The number of hydrogen-bond donors (Lipinski definition) is 1. The van der Waals surface area contributed by atoms with Gasteiger partial charge in [-0.25, -0.2) is 12.8 Å². The summed E-state index contributed by atoms with van der Waals surface area (Å²) in [6.45, 7) is 4.41. The second-order valence-electron chi connectivity index (χ2n) is 7.98. The molecule has 0 aliphatic rings. The van der Waals surface area contributed by atoms with Gasteiger partial charge in [0.25, 0.3) is 0 Å². The molecular weight excluding hydrogens is 528 g/mol. The molecule has 0 fully saturated rings. The van der Waals surface area contributed by atoms with Crippen LogP contribution >= 0.6 is 34.8 Å². The van der Waals surface area contributed by atoms with Gasteiger partial charge in [0.1, 0.15) is 18.4 Å². The van der Waals surface area contributed by atoms with Crippen molar-refractivity contribution in [2.24, 2.45) is 0 Å². The Hall–Kier alpha value is -2.07. The fourth-order valence-electron chi connectivity index (χ4n) is 3.08. The van der Waals surface area contributed by atoms with E-state index >= 15 is 0 Å². The third kappa shape index (κ3) is 7.46. The molecule has 34 heavy (non-hydrogen) atoms. The Balaban J connectivity index is 2.43. The van der Waals surface area contributed by atoms with E-state index in [0.717, 1.165) is 22.7 Å². The minimum Gasteiger partial charge on any atom is -0.352 e. The Labute approximate surface area is 213 Å². The predicted octanol–water partition coefficient (Wildman–Crippen LogP) is 4.49. The molecule has 0 aliphatic carbocycles. The fourth-order valence-corrected chi connectivity index (χ4v) is 4.41. The molecular formula is C22H25Cl3FN3O4S. The van der Waals surface area contributed by atoms with Gasteiger partial charge in [-0.1, -0.05) is 40.9 Å². The van der Waals surface area contributed by atoms with Gasteiger partial charge in [0, 0.05) is 12.6 Å². The summed E-state index contributed by atoms with van der Waals surface area (Å²) >= 11 is 17.9. The number of benzene rings is 2. The number of anilines is 1. The molecule has 0 heterocycles. The van der Waals surface area contributed by atoms with Crippen molar-refractivity contribution in [2.75, 3.05) is 17.1 Å². The molecule has 12 heteroatoms. The summed E-state index contributed by atoms with van der Waals surface area (Å²) in [5.41, 5.74) is 0.596. The third-order valence-corrected chi connectivity index (χ3v) is 6.97. The smallest absolute Gasteiger partial charge is 0.244 e. The topological polar surface area (TPSA) is 86.8 Å². The summed E-state index contributed by atoms with van der Waals surface area (Å²) in [6.07, 6.45) is 0.912. The second-order valence-corrected chi connectivity index (χ2v) is 11.1. The monoisotopic (exact) mass is 551 g/mol. The standard InChI is InChI=1S/C22H25Cl3FN3O4S/c1-13(2)27-22(31)14(3)28(11-15-5-7-17(23)18(24)9-15)21(30)12-29(34(4,32)33)16-6-8-20(26)19(25)10-16/h5-10,13-14H,11-12H2,1-4H3,(H,27,31)/t14-/m1/s1. The van der Waals surface area contributed by atoms with Crippen molar-refractivity contribution < 1.29 is 22.4 Å². The Morgan fingerprint density at radius 2 is 1.65 bits per heavy atom. The molecule has 1 atom stereocenters. The van der Waals surface area contributed by atoms with Crippen molar-refractivity contribution in [1.82, 2.24) is 10.2 Å². The normalized spacial score (nSPS) is 12.4. The predicted molar refractivity (Wildman–Crippen MR) is 133 cm³/mol. The molecule has 0 aromatic heterocycles. The number of carbonyl (C=O) groups excluding carboxylic acids is 2. The molecule has 2 aromatic rings. The van der Waals surface area contributed by atoms with Gasteiger partial charge >= 0.3 is 0 Å². The quantitative estimate of drug-likeness (QED) is 0.496. The number of amides is 2. The molecule has 0 aliphatic heterocycles. The number of nitrogens with one attached hydrogen (secondary N) is 1. The highest BCUT2D eigenvalue weighted by Gasteiger charge is 2.30. The van der Waals surface area contributed by atoms with E-state index in [-0.39, 0.29) is 28.3 Å². The fraction of sp³-hybridized carbons (Fsp3) is 0.364. The van der Waals surface area contributed by atoms with E-state index in [4.69, 9.17) is 34.8 Å². The van der Waals surface area contributed by atoms with Crippen LogP contribution in [0.25, 0.3) is 0 Å².